The van der Waals surface area contributed by atoms with E-state index >= 15 is 0 Å². The molecule has 0 heterocycles. The van der Waals surface area contributed by atoms with Gasteiger partial charge in [0, 0.05) is 17.7 Å². The number of amides is 1. The van der Waals surface area contributed by atoms with Gasteiger partial charge in [-0.2, -0.15) is 0 Å². The van der Waals surface area contributed by atoms with E-state index in [4.69, 9.17) is 14.2 Å². The van der Waals surface area contributed by atoms with Crippen molar-refractivity contribution in [2.24, 2.45) is 0 Å². The summed E-state index contributed by atoms with van der Waals surface area (Å²) in [5.74, 6) is 0.963. The van der Waals surface area contributed by atoms with Crippen molar-refractivity contribution in [1.29, 1.82) is 0 Å². The first kappa shape index (κ1) is 18.8. The van der Waals surface area contributed by atoms with Crippen molar-refractivity contribution >= 4 is 23.4 Å². The number of carbonyl (C=O) groups excluding carboxylic acids is 1. The third kappa shape index (κ3) is 4.50. The third-order valence-corrected chi connectivity index (χ3v) is 3.51. The van der Waals surface area contributed by atoms with Crippen LogP contribution in [0.25, 0.3) is 6.08 Å². The smallest absolute Gasteiger partial charge is 0.296 e. The molecule has 0 aliphatic heterocycles. The molecule has 0 saturated carbocycles. The van der Waals surface area contributed by atoms with Crippen molar-refractivity contribution < 1.29 is 23.9 Å². The highest BCUT2D eigenvalue weighted by molar-refractivity contribution is 6.03. The molecule has 8 heteroatoms. The molecule has 0 spiro atoms. The summed E-state index contributed by atoms with van der Waals surface area (Å²) < 4.78 is 15.3. The van der Waals surface area contributed by atoms with Crippen LogP contribution < -0.4 is 19.5 Å². The number of benzene rings is 2. The average molecular weight is 358 g/mol. The van der Waals surface area contributed by atoms with E-state index in [1.807, 2.05) is 0 Å². The molecular weight excluding hydrogens is 340 g/mol. The Hall–Kier alpha value is -3.55. The van der Waals surface area contributed by atoms with Crippen LogP contribution in [0.4, 0.5) is 11.4 Å². The maximum Gasteiger partial charge on any atom is 0.296 e. The lowest BCUT2D eigenvalue weighted by atomic mass is 10.1. The fraction of sp³-hybridized carbons (Fsp3) is 0.167. The van der Waals surface area contributed by atoms with E-state index in [0.29, 0.717) is 22.8 Å². The Morgan fingerprint density at radius 3 is 2.31 bits per heavy atom. The number of hydrogen-bond acceptors (Lipinski definition) is 6. The second-order valence-corrected chi connectivity index (χ2v) is 5.07. The Balaban J connectivity index is 2.19. The Morgan fingerprint density at radius 1 is 1.04 bits per heavy atom. The van der Waals surface area contributed by atoms with Crippen LogP contribution in [-0.2, 0) is 4.79 Å². The van der Waals surface area contributed by atoms with Gasteiger partial charge in [0.25, 0.3) is 5.69 Å². The third-order valence-electron chi connectivity index (χ3n) is 3.51. The molecule has 2 aromatic rings. The van der Waals surface area contributed by atoms with Crippen molar-refractivity contribution in [2.45, 2.75) is 0 Å². The quantitative estimate of drug-likeness (QED) is 0.463. The van der Waals surface area contributed by atoms with Crippen molar-refractivity contribution in [3.63, 3.8) is 0 Å². The molecule has 0 saturated heterocycles. The van der Waals surface area contributed by atoms with E-state index < -0.39 is 10.8 Å². The molecule has 2 aromatic carbocycles. The summed E-state index contributed by atoms with van der Waals surface area (Å²) in [5, 5.41) is 13.6. The molecule has 1 amide bonds. The number of nitro groups is 1. The maximum atomic E-state index is 12.1. The zero-order chi connectivity index (χ0) is 19.1. The van der Waals surface area contributed by atoms with Crippen LogP contribution in [0.15, 0.2) is 42.5 Å². The molecule has 0 aliphatic rings. The van der Waals surface area contributed by atoms with Crippen molar-refractivity contribution in [1.82, 2.24) is 0 Å². The molecule has 1 N–H and O–H groups in total. The Morgan fingerprint density at radius 2 is 1.69 bits per heavy atom. The Kier molecular flexibility index (Phi) is 6.15. The van der Waals surface area contributed by atoms with Gasteiger partial charge >= 0.3 is 0 Å². The highest BCUT2D eigenvalue weighted by Gasteiger charge is 2.16. The fourth-order valence-corrected chi connectivity index (χ4v) is 2.19. The summed E-state index contributed by atoms with van der Waals surface area (Å²) in [4.78, 5) is 22.7. The molecule has 8 nitrogen and oxygen atoms in total. The lowest BCUT2D eigenvalue weighted by molar-refractivity contribution is -0.384. The molecule has 0 bridgehead atoms. The van der Waals surface area contributed by atoms with Crippen LogP contribution in [0, 0.1) is 10.1 Å². The second-order valence-electron chi connectivity index (χ2n) is 5.07. The molecule has 0 aliphatic carbocycles. The van der Waals surface area contributed by atoms with Gasteiger partial charge in [-0.3, -0.25) is 14.9 Å². The minimum atomic E-state index is -0.589. The molecule has 0 aromatic heterocycles. The number of nitrogens with one attached hydrogen (secondary N) is 1. The summed E-state index contributed by atoms with van der Waals surface area (Å²) >= 11 is 0. The van der Waals surface area contributed by atoms with Crippen molar-refractivity contribution in [3.8, 4) is 17.2 Å². The average Bonchev–Trinajstić information content (AvgIpc) is 2.66. The van der Waals surface area contributed by atoms with Crippen LogP contribution in [0.5, 0.6) is 17.2 Å². The Labute approximate surface area is 150 Å². The van der Waals surface area contributed by atoms with Crippen LogP contribution >= 0.6 is 0 Å². The summed E-state index contributed by atoms with van der Waals surface area (Å²) in [6, 6.07) is 9.33. The van der Waals surface area contributed by atoms with E-state index in [-0.39, 0.29) is 11.4 Å². The lowest BCUT2D eigenvalue weighted by Gasteiger charge is -2.08. The van der Waals surface area contributed by atoms with Gasteiger partial charge in [0.05, 0.1) is 32.3 Å². The van der Waals surface area contributed by atoms with Crippen LogP contribution in [-0.4, -0.2) is 32.2 Å². The number of nitrogens with zero attached hydrogens (tertiary/aromatic N) is 1. The molecule has 2 rings (SSSR count). The van der Waals surface area contributed by atoms with Gasteiger partial charge in [-0.25, -0.2) is 0 Å². The fourth-order valence-electron chi connectivity index (χ4n) is 2.19. The van der Waals surface area contributed by atoms with E-state index in [1.165, 1.54) is 38.5 Å². The lowest BCUT2D eigenvalue weighted by Crippen LogP contribution is -2.09. The molecule has 0 fully saturated rings. The number of ether oxygens (including phenoxy) is 3. The normalized spacial score (nSPS) is 10.4. The first-order chi connectivity index (χ1) is 12.5. The number of hydrogen-bond donors (Lipinski definition) is 1. The van der Waals surface area contributed by atoms with Crippen LogP contribution in [0.1, 0.15) is 5.56 Å². The van der Waals surface area contributed by atoms with Crippen LogP contribution in [0.3, 0.4) is 0 Å². The molecule has 136 valence electrons. The largest absolute Gasteiger partial charge is 0.497 e. The number of methoxy groups -OCH3 is 3. The zero-order valence-electron chi connectivity index (χ0n) is 14.5. The van der Waals surface area contributed by atoms with E-state index in [0.717, 1.165) is 0 Å². The second kappa shape index (κ2) is 8.52. The van der Waals surface area contributed by atoms with Gasteiger partial charge in [-0.15, -0.1) is 0 Å². The first-order valence-electron chi connectivity index (χ1n) is 7.52. The molecule has 26 heavy (non-hydrogen) atoms. The number of nitro benzene ring substituents is 1. The predicted molar refractivity (Wildman–Crippen MR) is 96.9 cm³/mol. The highest BCUT2D eigenvalue weighted by atomic mass is 16.6. The van der Waals surface area contributed by atoms with Gasteiger partial charge in [0.2, 0.25) is 5.91 Å². The Bertz CT molecular complexity index is 848. The van der Waals surface area contributed by atoms with Gasteiger partial charge in [-0.05, 0) is 30.3 Å². The molecular formula is C18H18N2O6. The number of anilines is 1. The van der Waals surface area contributed by atoms with E-state index in [9.17, 15) is 14.9 Å². The predicted octanol–water partition coefficient (Wildman–Crippen LogP) is 3.27. The number of carbonyl (C=O) groups is 1. The molecule has 0 unspecified atom stereocenters. The van der Waals surface area contributed by atoms with E-state index in [2.05, 4.69) is 5.32 Å². The summed E-state index contributed by atoms with van der Waals surface area (Å²) in [6.45, 7) is 0. The van der Waals surface area contributed by atoms with Gasteiger partial charge in [0.1, 0.15) is 22.9 Å². The maximum absolute atomic E-state index is 12.1. The summed E-state index contributed by atoms with van der Waals surface area (Å²) in [6.07, 6.45) is 2.81. The van der Waals surface area contributed by atoms with Gasteiger partial charge < -0.3 is 19.5 Å². The van der Waals surface area contributed by atoms with Gasteiger partial charge in [0.15, 0.2) is 0 Å². The monoisotopic (exact) mass is 358 g/mol. The topological polar surface area (TPSA) is 99.9 Å². The summed E-state index contributed by atoms with van der Waals surface area (Å²) in [5.41, 5.74) is 0.480. The SMILES string of the molecule is COc1ccc(/C=C/C(=O)Nc2ccc(OC)cc2[N+](=O)[O-])c(OC)c1. The van der Waals surface area contributed by atoms with Crippen LogP contribution in [0.2, 0.25) is 0 Å². The minimum Gasteiger partial charge on any atom is -0.497 e. The zero-order valence-corrected chi connectivity index (χ0v) is 14.5. The number of rotatable bonds is 7. The summed E-state index contributed by atoms with van der Waals surface area (Å²) in [7, 11) is 4.45. The molecule has 0 atom stereocenters. The highest BCUT2D eigenvalue weighted by Crippen LogP contribution is 2.29. The van der Waals surface area contributed by atoms with Crippen molar-refractivity contribution in [3.05, 3.63) is 58.2 Å². The standard InChI is InChI=1S/C18H18N2O6/c1-24-13-7-8-15(16(10-13)20(22)23)19-18(21)9-5-12-4-6-14(25-2)11-17(12)26-3/h4-11H,1-3H3,(H,19,21)/b9-5+. The van der Waals surface area contributed by atoms with E-state index in [1.54, 1.807) is 31.4 Å². The van der Waals surface area contributed by atoms with Gasteiger partial charge in [-0.1, -0.05) is 0 Å². The minimum absolute atomic E-state index is 0.0761. The first-order valence-corrected chi connectivity index (χ1v) is 7.52. The van der Waals surface area contributed by atoms with Crippen molar-refractivity contribution in [2.75, 3.05) is 26.6 Å². The molecule has 0 radical (unpaired) electrons.